The number of nitrogens with one attached hydrogen (secondary N) is 1. The Kier molecular flexibility index (Phi) is 8.05. The van der Waals surface area contributed by atoms with E-state index >= 15 is 0 Å². The van der Waals surface area contributed by atoms with Crippen molar-refractivity contribution in [3.8, 4) is 0 Å². The molecule has 3 aromatic carbocycles. The van der Waals surface area contributed by atoms with E-state index in [1.807, 2.05) is 19.0 Å². The van der Waals surface area contributed by atoms with Gasteiger partial charge >= 0.3 is 0 Å². The van der Waals surface area contributed by atoms with Crippen molar-refractivity contribution in [2.45, 2.75) is 5.92 Å². The van der Waals surface area contributed by atoms with Gasteiger partial charge in [0.25, 0.3) is 0 Å². The highest BCUT2D eigenvalue weighted by Crippen LogP contribution is 2.39. The van der Waals surface area contributed by atoms with Crippen LogP contribution in [0.3, 0.4) is 0 Å². The Bertz CT molecular complexity index is 1050. The highest BCUT2D eigenvalue weighted by molar-refractivity contribution is 7.80. The third kappa shape index (κ3) is 5.81. The van der Waals surface area contributed by atoms with Crippen LogP contribution in [0.4, 0.5) is 22.7 Å². The van der Waals surface area contributed by atoms with Crippen LogP contribution in [0.15, 0.2) is 66.7 Å². The molecule has 0 saturated carbocycles. The summed E-state index contributed by atoms with van der Waals surface area (Å²) in [5.41, 5.74) is 8.16. The molecule has 6 heteroatoms. The van der Waals surface area contributed by atoms with Gasteiger partial charge in [-0.3, -0.25) is 0 Å². The van der Waals surface area contributed by atoms with Crippen molar-refractivity contribution in [2.75, 3.05) is 76.4 Å². The molecule has 3 aromatic rings. The van der Waals surface area contributed by atoms with E-state index in [4.69, 9.17) is 12.2 Å². The van der Waals surface area contributed by atoms with E-state index in [1.54, 1.807) is 0 Å². The lowest BCUT2D eigenvalue weighted by Crippen LogP contribution is -2.28. The zero-order valence-corrected chi connectivity index (χ0v) is 22.4. The Balaban J connectivity index is 2.19. The number of anilines is 4. The molecule has 0 radical (unpaired) electrons. The van der Waals surface area contributed by atoms with Crippen molar-refractivity contribution >= 4 is 40.1 Å². The van der Waals surface area contributed by atoms with Gasteiger partial charge in [0.1, 0.15) is 0 Å². The smallest absolute Gasteiger partial charge is 0.172 e. The Morgan fingerprint density at radius 3 is 1.41 bits per heavy atom. The van der Waals surface area contributed by atoms with Crippen molar-refractivity contribution in [1.29, 1.82) is 0 Å². The lowest BCUT2D eigenvalue weighted by molar-refractivity contribution is 0.633. The maximum atomic E-state index is 5.63. The molecule has 34 heavy (non-hydrogen) atoms. The molecule has 0 heterocycles. The fourth-order valence-electron chi connectivity index (χ4n) is 3.89. The predicted octanol–water partition coefficient (Wildman–Crippen LogP) is 5.32. The molecule has 3 rings (SSSR count). The number of benzene rings is 3. The molecule has 1 N–H and O–H groups in total. The third-order valence-corrected chi connectivity index (χ3v) is 6.46. The van der Waals surface area contributed by atoms with Crippen LogP contribution >= 0.6 is 12.2 Å². The van der Waals surface area contributed by atoms with Gasteiger partial charge in [-0.2, -0.15) is 0 Å². The minimum absolute atomic E-state index is 0.0519. The van der Waals surface area contributed by atoms with Crippen LogP contribution in [0.25, 0.3) is 0 Å². The molecule has 0 amide bonds. The summed E-state index contributed by atoms with van der Waals surface area (Å²) >= 11 is 5.63. The van der Waals surface area contributed by atoms with Crippen LogP contribution in [0, 0.1) is 0 Å². The van der Waals surface area contributed by atoms with Gasteiger partial charge < -0.3 is 24.9 Å². The summed E-state index contributed by atoms with van der Waals surface area (Å²) in [6, 6.07) is 24.2. The molecule has 0 bridgehead atoms. The highest BCUT2D eigenvalue weighted by atomic mass is 32.1. The Labute approximate surface area is 210 Å². The molecule has 0 spiro atoms. The van der Waals surface area contributed by atoms with E-state index in [1.165, 1.54) is 28.1 Å². The lowest BCUT2D eigenvalue weighted by atomic mass is 9.84. The first-order chi connectivity index (χ1) is 16.1. The van der Waals surface area contributed by atoms with Gasteiger partial charge in [0.2, 0.25) is 0 Å². The molecule has 0 aliphatic carbocycles. The standard InChI is InChI=1S/C28H37N5S/c1-30(2)22-13-9-20(10-14-22)27(21-11-15-23(16-12-21)31(3)4)25-18-17-24(32(5)6)19-26(25)29-28(34)33(7)8/h9-19,27H,1-8H3,(H,29,34). The molecular formula is C28H37N5S. The largest absolute Gasteiger partial charge is 0.378 e. The van der Waals surface area contributed by atoms with Crippen molar-refractivity contribution in [3.05, 3.63) is 83.4 Å². The number of rotatable bonds is 7. The van der Waals surface area contributed by atoms with Crippen LogP contribution in [0.1, 0.15) is 22.6 Å². The zero-order chi connectivity index (χ0) is 25.0. The van der Waals surface area contributed by atoms with Crippen LogP contribution in [0.5, 0.6) is 0 Å². The predicted molar refractivity (Wildman–Crippen MR) is 153 cm³/mol. The topological polar surface area (TPSA) is 25.0 Å². The number of hydrogen-bond acceptors (Lipinski definition) is 4. The van der Waals surface area contributed by atoms with E-state index in [9.17, 15) is 0 Å². The number of hydrogen-bond donors (Lipinski definition) is 1. The van der Waals surface area contributed by atoms with Crippen molar-refractivity contribution in [3.63, 3.8) is 0 Å². The molecule has 0 aromatic heterocycles. The van der Waals surface area contributed by atoms with Gasteiger partial charge in [-0.15, -0.1) is 0 Å². The van der Waals surface area contributed by atoms with E-state index < -0.39 is 0 Å². The van der Waals surface area contributed by atoms with Gasteiger partial charge in [-0.25, -0.2) is 0 Å². The van der Waals surface area contributed by atoms with E-state index in [2.05, 4.69) is 129 Å². The molecule has 0 aliphatic rings. The first-order valence-corrected chi connectivity index (χ1v) is 11.8. The quantitative estimate of drug-likeness (QED) is 0.367. The monoisotopic (exact) mass is 475 g/mol. The average molecular weight is 476 g/mol. The summed E-state index contributed by atoms with van der Waals surface area (Å²) in [5, 5.41) is 4.18. The molecule has 180 valence electrons. The summed E-state index contributed by atoms with van der Waals surface area (Å²) in [6.45, 7) is 0. The van der Waals surface area contributed by atoms with Crippen LogP contribution in [-0.4, -0.2) is 66.4 Å². The normalized spacial score (nSPS) is 10.7. The molecule has 0 fully saturated rings. The summed E-state index contributed by atoms with van der Waals surface area (Å²) in [5.74, 6) is 0.0519. The maximum Gasteiger partial charge on any atom is 0.172 e. The van der Waals surface area contributed by atoms with Gasteiger partial charge in [0, 0.05) is 85.0 Å². The van der Waals surface area contributed by atoms with Crippen molar-refractivity contribution in [1.82, 2.24) is 4.90 Å². The second-order valence-corrected chi connectivity index (χ2v) is 9.78. The van der Waals surface area contributed by atoms with Gasteiger partial charge in [-0.1, -0.05) is 30.3 Å². The van der Waals surface area contributed by atoms with E-state index in [0.29, 0.717) is 5.11 Å². The number of nitrogens with zero attached hydrogens (tertiary/aromatic N) is 4. The first kappa shape index (κ1) is 25.4. The maximum absolute atomic E-state index is 5.63. The summed E-state index contributed by atoms with van der Waals surface area (Å²) in [7, 11) is 16.3. The van der Waals surface area contributed by atoms with E-state index in [-0.39, 0.29) is 5.92 Å². The van der Waals surface area contributed by atoms with E-state index in [0.717, 1.165) is 11.4 Å². The van der Waals surface area contributed by atoms with Crippen molar-refractivity contribution in [2.24, 2.45) is 0 Å². The molecule has 0 atom stereocenters. The first-order valence-electron chi connectivity index (χ1n) is 11.4. The minimum Gasteiger partial charge on any atom is -0.378 e. The van der Waals surface area contributed by atoms with Gasteiger partial charge in [-0.05, 0) is 65.3 Å². The van der Waals surface area contributed by atoms with Gasteiger partial charge in [0.15, 0.2) is 5.11 Å². The number of thiocarbonyl (C=S) groups is 1. The van der Waals surface area contributed by atoms with Crippen LogP contribution in [-0.2, 0) is 0 Å². The second kappa shape index (κ2) is 10.8. The molecule has 5 nitrogen and oxygen atoms in total. The second-order valence-electron chi connectivity index (χ2n) is 9.40. The Hall–Kier alpha value is -3.25. The highest BCUT2D eigenvalue weighted by Gasteiger charge is 2.22. The molecule has 0 saturated heterocycles. The summed E-state index contributed by atoms with van der Waals surface area (Å²) in [4.78, 5) is 8.28. The Morgan fingerprint density at radius 2 is 1.03 bits per heavy atom. The van der Waals surface area contributed by atoms with Crippen LogP contribution < -0.4 is 20.0 Å². The Morgan fingerprint density at radius 1 is 0.618 bits per heavy atom. The minimum atomic E-state index is 0.0519. The van der Waals surface area contributed by atoms with Crippen LogP contribution in [0.2, 0.25) is 0 Å². The zero-order valence-electron chi connectivity index (χ0n) is 21.6. The lowest BCUT2D eigenvalue weighted by Gasteiger charge is -2.26. The fraction of sp³-hybridized carbons (Fsp3) is 0.321. The molecule has 0 unspecified atom stereocenters. The van der Waals surface area contributed by atoms with Crippen molar-refractivity contribution < 1.29 is 0 Å². The fourth-order valence-corrected chi connectivity index (χ4v) is 4.00. The average Bonchev–Trinajstić information content (AvgIpc) is 2.80. The molecular weight excluding hydrogens is 438 g/mol. The van der Waals surface area contributed by atoms with Gasteiger partial charge in [0.05, 0.1) is 0 Å². The third-order valence-electron chi connectivity index (χ3n) is 6.00. The SMILES string of the molecule is CN(C)C(=S)Nc1cc(N(C)C)ccc1C(c1ccc(N(C)C)cc1)c1ccc(N(C)C)cc1. The summed E-state index contributed by atoms with van der Waals surface area (Å²) in [6.07, 6.45) is 0. The molecule has 0 aliphatic heterocycles. The summed E-state index contributed by atoms with van der Waals surface area (Å²) < 4.78 is 0.